The zero-order chi connectivity index (χ0) is 15.6. The first-order chi connectivity index (χ1) is 9.28. The maximum absolute atomic E-state index is 11.7. The molecule has 0 saturated heterocycles. The molecule has 0 spiro atoms. The fourth-order valence-electron chi connectivity index (χ4n) is 1.61. The van der Waals surface area contributed by atoms with Crippen LogP contribution in [0.25, 0.3) is 0 Å². The molecule has 5 heteroatoms. The molecule has 0 saturated carbocycles. The Labute approximate surface area is 122 Å². The summed E-state index contributed by atoms with van der Waals surface area (Å²) in [4.78, 5) is 23.1. The second kappa shape index (κ2) is 9.61. The fraction of sp³-hybridized carbons (Fsp3) is 0.867. The summed E-state index contributed by atoms with van der Waals surface area (Å²) >= 11 is 0. The molecule has 1 atom stereocenters. The van der Waals surface area contributed by atoms with Crippen LogP contribution in [0.15, 0.2) is 0 Å². The SMILES string of the molecule is CCCCC(=O)OCC(CCC)NC(=O)OC(C)(C)C. The lowest BCUT2D eigenvalue weighted by Crippen LogP contribution is -2.41. The summed E-state index contributed by atoms with van der Waals surface area (Å²) in [6.07, 6.45) is 3.40. The summed E-state index contributed by atoms with van der Waals surface area (Å²) in [5.74, 6) is -0.209. The number of alkyl carbamates (subject to hydrolysis) is 1. The van der Waals surface area contributed by atoms with E-state index in [2.05, 4.69) is 5.32 Å². The molecule has 0 bridgehead atoms. The Morgan fingerprint density at radius 2 is 1.80 bits per heavy atom. The normalized spacial score (nSPS) is 12.7. The van der Waals surface area contributed by atoms with E-state index in [0.29, 0.717) is 6.42 Å². The Bertz CT molecular complexity index is 297. The van der Waals surface area contributed by atoms with Gasteiger partial charge in [-0.05, 0) is 33.6 Å². The van der Waals surface area contributed by atoms with E-state index in [-0.39, 0.29) is 18.6 Å². The van der Waals surface area contributed by atoms with Gasteiger partial charge in [0.25, 0.3) is 0 Å². The number of carbonyl (C=O) groups excluding carboxylic acids is 2. The summed E-state index contributed by atoms with van der Waals surface area (Å²) < 4.78 is 10.4. The van der Waals surface area contributed by atoms with Crippen LogP contribution in [0.3, 0.4) is 0 Å². The van der Waals surface area contributed by atoms with Crippen molar-refractivity contribution in [3.8, 4) is 0 Å². The second-order valence-electron chi connectivity index (χ2n) is 5.92. The predicted molar refractivity (Wildman–Crippen MR) is 78.5 cm³/mol. The van der Waals surface area contributed by atoms with E-state index in [1.54, 1.807) is 0 Å². The molecule has 1 N–H and O–H groups in total. The molecule has 0 aromatic carbocycles. The summed E-state index contributed by atoms with van der Waals surface area (Å²) in [6.45, 7) is 9.68. The minimum Gasteiger partial charge on any atom is -0.463 e. The van der Waals surface area contributed by atoms with Crippen molar-refractivity contribution in [2.75, 3.05) is 6.61 Å². The third-order valence-electron chi connectivity index (χ3n) is 2.54. The van der Waals surface area contributed by atoms with Crippen molar-refractivity contribution < 1.29 is 19.1 Å². The van der Waals surface area contributed by atoms with Crippen LogP contribution in [-0.4, -0.2) is 30.3 Å². The first kappa shape index (κ1) is 18.7. The quantitative estimate of drug-likeness (QED) is 0.695. The van der Waals surface area contributed by atoms with Gasteiger partial charge in [0.15, 0.2) is 0 Å². The van der Waals surface area contributed by atoms with Gasteiger partial charge in [-0.25, -0.2) is 4.79 Å². The van der Waals surface area contributed by atoms with Crippen molar-refractivity contribution in [1.82, 2.24) is 5.32 Å². The van der Waals surface area contributed by atoms with E-state index >= 15 is 0 Å². The first-order valence-corrected chi connectivity index (χ1v) is 7.43. The molecule has 0 aromatic heterocycles. The van der Waals surface area contributed by atoms with Crippen molar-refractivity contribution in [3.63, 3.8) is 0 Å². The van der Waals surface area contributed by atoms with Crippen molar-refractivity contribution >= 4 is 12.1 Å². The molecule has 20 heavy (non-hydrogen) atoms. The molecular weight excluding hydrogens is 258 g/mol. The lowest BCUT2D eigenvalue weighted by molar-refractivity contribution is -0.144. The Hall–Kier alpha value is -1.26. The molecule has 0 aliphatic carbocycles. The van der Waals surface area contributed by atoms with Gasteiger partial charge in [-0.2, -0.15) is 0 Å². The molecule has 1 amide bonds. The molecule has 1 unspecified atom stereocenters. The minimum atomic E-state index is -0.529. The van der Waals surface area contributed by atoms with Crippen LogP contribution in [0.2, 0.25) is 0 Å². The predicted octanol–water partition coefficient (Wildman–Crippen LogP) is 3.41. The highest BCUT2D eigenvalue weighted by Crippen LogP contribution is 2.08. The Balaban J connectivity index is 4.15. The maximum Gasteiger partial charge on any atom is 0.407 e. The number of unbranched alkanes of at least 4 members (excludes halogenated alkanes) is 1. The molecule has 0 rings (SSSR count). The van der Waals surface area contributed by atoms with E-state index in [1.807, 2.05) is 34.6 Å². The highest BCUT2D eigenvalue weighted by Gasteiger charge is 2.20. The molecule has 118 valence electrons. The van der Waals surface area contributed by atoms with Gasteiger partial charge in [-0.15, -0.1) is 0 Å². The highest BCUT2D eigenvalue weighted by atomic mass is 16.6. The largest absolute Gasteiger partial charge is 0.463 e. The molecule has 5 nitrogen and oxygen atoms in total. The second-order valence-corrected chi connectivity index (χ2v) is 5.92. The molecule has 0 radical (unpaired) electrons. The summed E-state index contributed by atoms with van der Waals surface area (Å²) in [7, 11) is 0. The smallest absolute Gasteiger partial charge is 0.407 e. The number of hydrogen-bond donors (Lipinski definition) is 1. The average Bonchev–Trinajstić information content (AvgIpc) is 2.31. The van der Waals surface area contributed by atoms with Gasteiger partial charge in [0.2, 0.25) is 0 Å². The summed E-state index contributed by atoms with van der Waals surface area (Å²) in [5, 5.41) is 2.75. The van der Waals surface area contributed by atoms with Crippen molar-refractivity contribution in [2.24, 2.45) is 0 Å². The number of nitrogens with one attached hydrogen (secondary N) is 1. The Morgan fingerprint density at radius 3 is 2.30 bits per heavy atom. The van der Waals surface area contributed by atoms with E-state index in [9.17, 15) is 9.59 Å². The lowest BCUT2D eigenvalue weighted by atomic mass is 10.2. The zero-order valence-electron chi connectivity index (χ0n) is 13.5. The summed E-state index contributed by atoms with van der Waals surface area (Å²) in [6, 6.07) is -0.194. The van der Waals surface area contributed by atoms with E-state index < -0.39 is 11.7 Å². The fourth-order valence-corrected chi connectivity index (χ4v) is 1.61. The number of amides is 1. The van der Waals surface area contributed by atoms with Crippen LogP contribution in [-0.2, 0) is 14.3 Å². The topological polar surface area (TPSA) is 64.6 Å². The van der Waals surface area contributed by atoms with Crippen LogP contribution >= 0.6 is 0 Å². The van der Waals surface area contributed by atoms with Gasteiger partial charge >= 0.3 is 12.1 Å². The number of ether oxygens (including phenoxy) is 2. The van der Waals surface area contributed by atoms with Gasteiger partial charge in [0.1, 0.15) is 12.2 Å². The van der Waals surface area contributed by atoms with E-state index in [0.717, 1.165) is 25.7 Å². The van der Waals surface area contributed by atoms with Crippen LogP contribution in [0, 0.1) is 0 Å². The maximum atomic E-state index is 11.7. The average molecular weight is 287 g/mol. The van der Waals surface area contributed by atoms with E-state index in [1.165, 1.54) is 0 Å². The molecule has 0 aliphatic heterocycles. The minimum absolute atomic E-state index is 0.194. The van der Waals surface area contributed by atoms with Crippen molar-refractivity contribution in [3.05, 3.63) is 0 Å². The molecule has 0 aliphatic rings. The van der Waals surface area contributed by atoms with Gasteiger partial charge in [0.05, 0.1) is 6.04 Å². The molecule has 0 aromatic rings. The molecule has 0 fully saturated rings. The Morgan fingerprint density at radius 1 is 1.15 bits per heavy atom. The third-order valence-corrected chi connectivity index (χ3v) is 2.54. The van der Waals surface area contributed by atoms with Gasteiger partial charge < -0.3 is 14.8 Å². The monoisotopic (exact) mass is 287 g/mol. The van der Waals surface area contributed by atoms with Crippen LogP contribution in [0.5, 0.6) is 0 Å². The number of carbonyl (C=O) groups is 2. The summed E-state index contributed by atoms with van der Waals surface area (Å²) in [5.41, 5.74) is -0.529. The van der Waals surface area contributed by atoms with Gasteiger partial charge in [-0.3, -0.25) is 4.79 Å². The van der Waals surface area contributed by atoms with Crippen molar-refractivity contribution in [1.29, 1.82) is 0 Å². The molecule has 0 heterocycles. The lowest BCUT2D eigenvalue weighted by Gasteiger charge is -2.23. The highest BCUT2D eigenvalue weighted by molar-refractivity contribution is 5.70. The number of rotatable bonds is 8. The first-order valence-electron chi connectivity index (χ1n) is 7.43. The third kappa shape index (κ3) is 10.6. The van der Waals surface area contributed by atoms with Gasteiger partial charge in [-0.1, -0.05) is 26.7 Å². The number of esters is 1. The van der Waals surface area contributed by atoms with Crippen LogP contribution < -0.4 is 5.32 Å². The standard InChI is InChI=1S/C15H29NO4/c1-6-8-10-13(17)19-11-12(9-7-2)16-14(18)20-15(3,4)5/h12H,6-11H2,1-5H3,(H,16,18). The van der Waals surface area contributed by atoms with Gasteiger partial charge in [0, 0.05) is 6.42 Å². The van der Waals surface area contributed by atoms with Crippen molar-refractivity contribution in [2.45, 2.75) is 78.4 Å². The van der Waals surface area contributed by atoms with E-state index in [4.69, 9.17) is 9.47 Å². The number of hydrogen-bond acceptors (Lipinski definition) is 4. The Kier molecular flexibility index (Phi) is 9.01. The van der Waals surface area contributed by atoms with Crippen LogP contribution in [0.4, 0.5) is 4.79 Å². The van der Waals surface area contributed by atoms with Crippen LogP contribution in [0.1, 0.15) is 66.7 Å². The molecular formula is C15H29NO4. The zero-order valence-corrected chi connectivity index (χ0v) is 13.5.